The number of nitrogens with zero attached hydrogens (tertiary/aromatic N) is 1. The summed E-state index contributed by atoms with van der Waals surface area (Å²) in [6.45, 7) is 1.69. The molecule has 0 aromatic heterocycles. The maximum Gasteiger partial charge on any atom is 0.338 e. The first-order valence-corrected chi connectivity index (χ1v) is 9.45. The average molecular weight is 398 g/mol. The van der Waals surface area contributed by atoms with Crippen LogP contribution in [0.15, 0.2) is 48.5 Å². The highest BCUT2D eigenvalue weighted by molar-refractivity contribution is 5.95. The lowest BCUT2D eigenvalue weighted by atomic mass is 10.2. The first kappa shape index (κ1) is 20.5. The Balaban J connectivity index is 1.53. The lowest BCUT2D eigenvalue weighted by Gasteiger charge is -2.21. The van der Waals surface area contributed by atoms with E-state index >= 15 is 0 Å². The molecule has 29 heavy (non-hydrogen) atoms. The lowest BCUT2D eigenvalue weighted by Crippen LogP contribution is -2.37. The Morgan fingerprint density at radius 1 is 1.17 bits per heavy atom. The SMILES string of the molecule is CC(OC(=O)c1ccc(NC(=O)C2CC2)cc1)C(=O)N(C)Cc1cccc(F)c1. The van der Waals surface area contributed by atoms with E-state index in [1.165, 1.54) is 24.0 Å². The first-order valence-electron chi connectivity index (χ1n) is 9.45. The van der Waals surface area contributed by atoms with Crippen molar-refractivity contribution in [2.45, 2.75) is 32.4 Å². The number of carbonyl (C=O) groups is 3. The van der Waals surface area contributed by atoms with Gasteiger partial charge in [-0.1, -0.05) is 12.1 Å². The molecule has 0 bridgehead atoms. The molecule has 3 rings (SSSR count). The van der Waals surface area contributed by atoms with Crippen LogP contribution in [0.3, 0.4) is 0 Å². The number of halogens is 1. The molecule has 2 amide bonds. The van der Waals surface area contributed by atoms with E-state index < -0.39 is 18.0 Å². The molecule has 2 aromatic carbocycles. The van der Waals surface area contributed by atoms with Gasteiger partial charge in [0.2, 0.25) is 5.91 Å². The summed E-state index contributed by atoms with van der Waals surface area (Å²) < 4.78 is 18.5. The van der Waals surface area contributed by atoms with E-state index in [2.05, 4.69) is 5.32 Å². The molecular formula is C22H23FN2O4. The first-order chi connectivity index (χ1) is 13.8. The highest BCUT2D eigenvalue weighted by atomic mass is 19.1. The van der Waals surface area contributed by atoms with E-state index in [4.69, 9.17) is 4.74 Å². The highest BCUT2D eigenvalue weighted by Gasteiger charge is 2.29. The van der Waals surface area contributed by atoms with E-state index in [9.17, 15) is 18.8 Å². The van der Waals surface area contributed by atoms with Gasteiger partial charge in [-0.15, -0.1) is 0 Å². The molecule has 2 aromatic rings. The van der Waals surface area contributed by atoms with Crippen LogP contribution in [0, 0.1) is 11.7 Å². The molecule has 1 saturated carbocycles. The number of hydrogen-bond acceptors (Lipinski definition) is 4. The quantitative estimate of drug-likeness (QED) is 0.726. The van der Waals surface area contributed by atoms with Crippen molar-refractivity contribution < 1.29 is 23.5 Å². The standard InChI is InChI=1S/C22H23FN2O4/c1-14(21(27)25(2)13-15-4-3-5-18(23)12-15)29-22(28)17-8-10-19(11-9-17)24-20(26)16-6-7-16/h3-5,8-12,14,16H,6-7,13H2,1-2H3,(H,24,26). The van der Waals surface area contributed by atoms with Gasteiger partial charge < -0.3 is 15.0 Å². The zero-order valence-electron chi connectivity index (χ0n) is 16.4. The van der Waals surface area contributed by atoms with Crippen LogP contribution in [-0.4, -0.2) is 35.8 Å². The van der Waals surface area contributed by atoms with Gasteiger partial charge in [0.05, 0.1) is 5.56 Å². The zero-order chi connectivity index (χ0) is 21.0. The molecular weight excluding hydrogens is 375 g/mol. The highest BCUT2D eigenvalue weighted by Crippen LogP contribution is 2.30. The van der Waals surface area contributed by atoms with Crippen LogP contribution in [-0.2, 0) is 20.9 Å². The molecule has 1 unspecified atom stereocenters. The van der Waals surface area contributed by atoms with E-state index in [1.54, 1.807) is 43.4 Å². The number of benzene rings is 2. The van der Waals surface area contributed by atoms with Crippen molar-refractivity contribution in [2.75, 3.05) is 12.4 Å². The van der Waals surface area contributed by atoms with Crippen molar-refractivity contribution in [1.82, 2.24) is 4.90 Å². The second-order valence-electron chi connectivity index (χ2n) is 7.21. The number of amides is 2. The number of carbonyl (C=O) groups excluding carboxylic acids is 3. The molecule has 7 heteroatoms. The summed E-state index contributed by atoms with van der Waals surface area (Å²) in [6.07, 6.45) is 0.835. The average Bonchev–Trinajstić information content (AvgIpc) is 3.53. The largest absolute Gasteiger partial charge is 0.449 e. The van der Waals surface area contributed by atoms with Crippen molar-refractivity contribution in [2.24, 2.45) is 5.92 Å². The van der Waals surface area contributed by atoms with Gasteiger partial charge in [-0.05, 0) is 61.7 Å². The molecule has 1 fully saturated rings. The summed E-state index contributed by atoms with van der Waals surface area (Å²) in [5.41, 5.74) is 1.53. The second-order valence-corrected chi connectivity index (χ2v) is 7.21. The van der Waals surface area contributed by atoms with Crippen LogP contribution in [0.4, 0.5) is 10.1 Å². The minimum absolute atomic E-state index is 0.0131. The van der Waals surface area contributed by atoms with Gasteiger partial charge in [0.25, 0.3) is 5.91 Å². The van der Waals surface area contributed by atoms with E-state index in [1.807, 2.05) is 0 Å². The maximum atomic E-state index is 13.3. The molecule has 0 saturated heterocycles. The second kappa shape index (κ2) is 8.86. The molecule has 1 N–H and O–H groups in total. The maximum absolute atomic E-state index is 13.3. The van der Waals surface area contributed by atoms with Crippen molar-refractivity contribution in [3.63, 3.8) is 0 Å². The summed E-state index contributed by atoms with van der Waals surface area (Å²) in [7, 11) is 1.56. The van der Waals surface area contributed by atoms with Crippen LogP contribution in [0.1, 0.15) is 35.7 Å². The molecule has 1 atom stereocenters. The van der Waals surface area contributed by atoms with Crippen LogP contribution in [0.2, 0.25) is 0 Å². The van der Waals surface area contributed by atoms with Gasteiger partial charge in [-0.3, -0.25) is 9.59 Å². The number of ether oxygens (including phenoxy) is 1. The molecule has 1 aliphatic rings. The van der Waals surface area contributed by atoms with Crippen molar-refractivity contribution in [3.05, 3.63) is 65.5 Å². The summed E-state index contributed by atoms with van der Waals surface area (Å²) in [4.78, 5) is 37.9. The number of likely N-dealkylation sites (N-methyl/N-ethyl adjacent to an activating group) is 1. The monoisotopic (exact) mass is 398 g/mol. The third kappa shape index (κ3) is 5.63. The molecule has 152 valence electrons. The van der Waals surface area contributed by atoms with Gasteiger partial charge >= 0.3 is 5.97 Å². The summed E-state index contributed by atoms with van der Waals surface area (Å²) in [5, 5.41) is 2.79. The lowest BCUT2D eigenvalue weighted by molar-refractivity contribution is -0.139. The van der Waals surface area contributed by atoms with Crippen LogP contribution >= 0.6 is 0 Å². The summed E-state index contributed by atoms with van der Waals surface area (Å²) in [5.74, 6) is -1.32. The number of anilines is 1. The summed E-state index contributed by atoms with van der Waals surface area (Å²) in [6, 6.07) is 12.3. The van der Waals surface area contributed by atoms with Crippen molar-refractivity contribution in [1.29, 1.82) is 0 Å². The number of rotatable bonds is 7. The molecule has 0 aliphatic heterocycles. The molecule has 0 spiro atoms. The van der Waals surface area contributed by atoms with Gasteiger partial charge in [-0.25, -0.2) is 9.18 Å². The van der Waals surface area contributed by atoms with E-state index in [0.717, 1.165) is 12.8 Å². The third-order valence-electron chi connectivity index (χ3n) is 4.65. The van der Waals surface area contributed by atoms with E-state index in [0.29, 0.717) is 11.3 Å². The predicted octanol–water partition coefficient (Wildman–Crippen LogP) is 3.38. The molecule has 0 heterocycles. The number of nitrogens with one attached hydrogen (secondary N) is 1. The van der Waals surface area contributed by atoms with Crippen LogP contribution < -0.4 is 5.32 Å². The van der Waals surface area contributed by atoms with Crippen LogP contribution in [0.25, 0.3) is 0 Å². The van der Waals surface area contributed by atoms with Crippen LogP contribution in [0.5, 0.6) is 0 Å². The Labute approximate surface area is 168 Å². The van der Waals surface area contributed by atoms with Gasteiger partial charge in [0.1, 0.15) is 5.82 Å². The fourth-order valence-corrected chi connectivity index (χ4v) is 2.86. The Morgan fingerprint density at radius 2 is 1.86 bits per heavy atom. The van der Waals surface area contributed by atoms with Gasteiger partial charge in [0.15, 0.2) is 6.10 Å². The Bertz CT molecular complexity index is 909. The number of esters is 1. The Kier molecular flexibility index (Phi) is 6.26. The molecule has 0 radical (unpaired) electrons. The molecule has 6 nitrogen and oxygen atoms in total. The topological polar surface area (TPSA) is 75.7 Å². The Hall–Kier alpha value is -3.22. The van der Waals surface area contributed by atoms with E-state index in [-0.39, 0.29) is 29.8 Å². The van der Waals surface area contributed by atoms with Gasteiger partial charge in [0, 0.05) is 25.2 Å². The minimum atomic E-state index is -0.990. The fraction of sp³-hybridized carbons (Fsp3) is 0.318. The van der Waals surface area contributed by atoms with Crippen molar-refractivity contribution >= 4 is 23.5 Å². The van der Waals surface area contributed by atoms with Crippen molar-refractivity contribution in [3.8, 4) is 0 Å². The Morgan fingerprint density at radius 3 is 2.48 bits per heavy atom. The smallest absolute Gasteiger partial charge is 0.338 e. The minimum Gasteiger partial charge on any atom is -0.449 e. The molecule has 1 aliphatic carbocycles. The normalized spacial score (nSPS) is 14.0. The van der Waals surface area contributed by atoms with Gasteiger partial charge in [-0.2, -0.15) is 0 Å². The zero-order valence-corrected chi connectivity index (χ0v) is 16.4. The number of hydrogen-bond donors (Lipinski definition) is 1. The summed E-state index contributed by atoms with van der Waals surface area (Å²) >= 11 is 0. The fourth-order valence-electron chi connectivity index (χ4n) is 2.86. The predicted molar refractivity (Wildman–Crippen MR) is 106 cm³/mol. The third-order valence-corrected chi connectivity index (χ3v) is 4.65.